The van der Waals surface area contributed by atoms with Crippen LogP contribution in [0.25, 0.3) is 17.0 Å². The Hall–Kier alpha value is -4.03. The molecule has 0 radical (unpaired) electrons. The molecule has 4 aromatic rings. The normalized spacial score (nSPS) is 13.7. The minimum Gasteiger partial charge on any atom is -0.494 e. The first-order valence-corrected chi connectivity index (χ1v) is 11.0. The number of esters is 1. The van der Waals surface area contributed by atoms with Gasteiger partial charge < -0.3 is 18.6 Å². The maximum absolute atomic E-state index is 12.9. The van der Waals surface area contributed by atoms with Crippen LogP contribution in [0.5, 0.6) is 17.2 Å². The fraction of sp³-hybridized carbons (Fsp3) is 0.111. The van der Waals surface area contributed by atoms with E-state index in [-0.39, 0.29) is 23.1 Å². The first-order valence-electron chi connectivity index (χ1n) is 10.6. The lowest BCUT2D eigenvalue weighted by molar-refractivity contribution is 0.0702. The predicted molar refractivity (Wildman–Crippen MR) is 128 cm³/mol. The number of carbonyl (C=O) groups is 2. The maximum atomic E-state index is 12.9. The molecule has 170 valence electrons. The van der Waals surface area contributed by atoms with Gasteiger partial charge in [-0.15, -0.1) is 0 Å². The van der Waals surface area contributed by atoms with E-state index in [4.69, 9.17) is 30.2 Å². The van der Waals surface area contributed by atoms with Crippen molar-refractivity contribution in [2.45, 2.75) is 13.8 Å². The number of Topliss-reactive ketones (excluding diaryl/α,β-unsaturated/α-hetero) is 1. The number of hydrogen-bond acceptors (Lipinski definition) is 6. The number of rotatable bonds is 5. The molecule has 6 nitrogen and oxygen atoms in total. The average Bonchev–Trinajstić information content (AvgIpc) is 3.38. The van der Waals surface area contributed by atoms with Crippen molar-refractivity contribution in [3.63, 3.8) is 0 Å². The number of fused-ring (bicyclic) bond motifs is 2. The summed E-state index contributed by atoms with van der Waals surface area (Å²) in [6.07, 6.45) is 1.67. The number of benzene rings is 3. The molecule has 0 fully saturated rings. The molecule has 0 amide bonds. The van der Waals surface area contributed by atoms with E-state index in [2.05, 4.69) is 0 Å². The fourth-order valence-corrected chi connectivity index (χ4v) is 3.90. The summed E-state index contributed by atoms with van der Waals surface area (Å²) in [6, 6.07) is 17.2. The molecule has 0 bridgehead atoms. The van der Waals surface area contributed by atoms with Crippen LogP contribution in [0.1, 0.15) is 39.0 Å². The minimum atomic E-state index is -0.662. The van der Waals surface area contributed by atoms with Gasteiger partial charge in [0.15, 0.2) is 5.76 Å². The lowest BCUT2D eigenvalue weighted by Crippen LogP contribution is -2.08. The Morgan fingerprint density at radius 2 is 1.85 bits per heavy atom. The summed E-state index contributed by atoms with van der Waals surface area (Å²) >= 11 is 6.00. The Morgan fingerprint density at radius 3 is 2.62 bits per heavy atom. The molecule has 0 saturated carbocycles. The fourth-order valence-electron chi connectivity index (χ4n) is 3.72. The Kier molecular flexibility index (Phi) is 5.59. The Balaban J connectivity index is 1.38. The van der Waals surface area contributed by atoms with Crippen molar-refractivity contribution in [1.29, 1.82) is 0 Å². The second-order valence-electron chi connectivity index (χ2n) is 7.69. The highest BCUT2D eigenvalue weighted by Gasteiger charge is 2.31. The van der Waals surface area contributed by atoms with Gasteiger partial charge in [-0.2, -0.15) is 0 Å². The van der Waals surface area contributed by atoms with E-state index < -0.39 is 5.97 Å². The van der Waals surface area contributed by atoms with Gasteiger partial charge in [0, 0.05) is 16.0 Å². The van der Waals surface area contributed by atoms with Crippen LogP contribution >= 0.6 is 11.6 Å². The van der Waals surface area contributed by atoms with E-state index in [9.17, 15) is 9.59 Å². The molecule has 1 aliphatic rings. The van der Waals surface area contributed by atoms with E-state index in [1.165, 1.54) is 0 Å². The average molecular weight is 475 g/mol. The first-order chi connectivity index (χ1) is 16.4. The summed E-state index contributed by atoms with van der Waals surface area (Å²) < 4.78 is 22.4. The third-order valence-electron chi connectivity index (χ3n) is 5.41. The molecular weight excluding hydrogens is 456 g/mol. The number of halogens is 1. The summed E-state index contributed by atoms with van der Waals surface area (Å²) in [5, 5.41) is 1.24. The van der Waals surface area contributed by atoms with E-state index in [0.717, 1.165) is 11.3 Å². The zero-order valence-electron chi connectivity index (χ0n) is 18.4. The van der Waals surface area contributed by atoms with E-state index in [1.807, 2.05) is 31.2 Å². The largest absolute Gasteiger partial charge is 0.494 e. The SMILES string of the molecule is CCOc1ccc(/C=C2\Oc3c(ccc(OC(=O)c4cc5cc(Cl)ccc5o4)c3C)C2=O)cc1. The van der Waals surface area contributed by atoms with Gasteiger partial charge in [-0.1, -0.05) is 23.7 Å². The molecule has 0 spiro atoms. The van der Waals surface area contributed by atoms with E-state index >= 15 is 0 Å². The van der Waals surface area contributed by atoms with Crippen molar-refractivity contribution in [2.24, 2.45) is 0 Å². The number of ether oxygens (including phenoxy) is 3. The second-order valence-corrected chi connectivity index (χ2v) is 8.13. The van der Waals surface area contributed by atoms with Crippen LogP contribution in [-0.4, -0.2) is 18.4 Å². The van der Waals surface area contributed by atoms with E-state index in [0.29, 0.717) is 39.5 Å². The molecule has 3 aromatic carbocycles. The molecule has 0 unspecified atom stereocenters. The Bertz CT molecular complexity index is 1460. The highest BCUT2D eigenvalue weighted by atomic mass is 35.5. The number of allylic oxidation sites excluding steroid dienone is 1. The summed E-state index contributed by atoms with van der Waals surface area (Å²) in [5.74, 6) is 0.733. The number of hydrogen-bond donors (Lipinski definition) is 0. The zero-order chi connectivity index (χ0) is 23.8. The van der Waals surface area contributed by atoms with Crippen LogP contribution in [0.4, 0.5) is 0 Å². The van der Waals surface area contributed by atoms with Crippen molar-refractivity contribution in [1.82, 2.24) is 0 Å². The van der Waals surface area contributed by atoms with Gasteiger partial charge >= 0.3 is 5.97 Å². The van der Waals surface area contributed by atoms with Gasteiger partial charge in [-0.25, -0.2) is 4.79 Å². The third kappa shape index (κ3) is 4.04. The van der Waals surface area contributed by atoms with Crippen LogP contribution in [0.3, 0.4) is 0 Å². The summed E-state index contributed by atoms with van der Waals surface area (Å²) in [5.41, 5.74) is 2.27. The van der Waals surface area contributed by atoms with Crippen LogP contribution in [0.15, 0.2) is 70.8 Å². The van der Waals surface area contributed by atoms with Gasteiger partial charge in [-0.05, 0) is 74.0 Å². The van der Waals surface area contributed by atoms with Crippen LogP contribution in [-0.2, 0) is 0 Å². The summed E-state index contributed by atoms with van der Waals surface area (Å²) in [7, 11) is 0. The van der Waals surface area contributed by atoms with Crippen molar-refractivity contribution >= 4 is 40.4 Å². The molecule has 0 saturated heterocycles. The summed E-state index contributed by atoms with van der Waals surface area (Å²) in [6.45, 7) is 4.22. The second kappa shape index (κ2) is 8.72. The van der Waals surface area contributed by atoms with Gasteiger partial charge in [0.1, 0.15) is 22.8 Å². The quantitative estimate of drug-likeness (QED) is 0.183. The molecule has 1 aromatic heterocycles. The molecule has 0 atom stereocenters. The van der Waals surface area contributed by atoms with E-state index in [1.54, 1.807) is 49.4 Å². The lowest BCUT2D eigenvalue weighted by Gasteiger charge is -2.09. The molecule has 34 heavy (non-hydrogen) atoms. The zero-order valence-corrected chi connectivity index (χ0v) is 19.1. The van der Waals surface area contributed by atoms with Gasteiger partial charge in [0.25, 0.3) is 0 Å². The van der Waals surface area contributed by atoms with Crippen LogP contribution in [0, 0.1) is 6.92 Å². The molecule has 0 N–H and O–H groups in total. The molecule has 1 aliphatic heterocycles. The highest BCUT2D eigenvalue weighted by molar-refractivity contribution is 6.31. The van der Waals surface area contributed by atoms with Gasteiger partial charge in [0.2, 0.25) is 11.5 Å². The monoisotopic (exact) mass is 474 g/mol. The number of furan rings is 1. The molecular formula is C27H19ClO6. The molecule has 5 rings (SSSR count). The first kappa shape index (κ1) is 21.8. The smallest absolute Gasteiger partial charge is 0.379 e. The third-order valence-corrected chi connectivity index (χ3v) is 5.64. The standard InChI is InChI=1S/C27H19ClO6/c1-3-31-19-7-4-16(5-8-19)12-23-25(29)20-9-11-21(15(2)26(20)33-23)34-27(30)24-14-17-13-18(28)6-10-22(17)32-24/h4-14H,3H2,1-2H3/b23-12-. The minimum absolute atomic E-state index is 0.0465. The van der Waals surface area contributed by atoms with Gasteiger partial charge in [0.05, 0.1) is 12.2 Å². The molecule has 0 aliphatic carbocycles. The highest BCUT2D eigenvalue weighted by Crippen LogP contribution is 2.39. The topological polar surface area (TPSA) is 75.0 Å². The Morgan fingerprint density at radius 1 is 1.06 bits per heavy atom. The predicted octanol–water partition coefficient (Wildman–Crippen LogP) is 6.63. The molecule has 7 heteroatoms. The maximum Gasteiger partial charge on any atom is 0.379 e. The summed E-state index contributed by atoms with van der Waals surface area (Å²) in [4.78, 5) is 25.5. The lowest BCUT2D eigenvalue weighted by atomic mass is 10.1. The van der Waals surface area contributed by atoms with Crippen LogP contribution < -0.4 is 14.2 Å². The molecule has 2 heterocycles. The van der Waals surface area contributed by atoms with Crippen molar-refractivity contribution in [2.75, 3.05) is 6.61 Å². The number of carbonyl (C=O) groups excluding carboxylic acids is 2. The number of ketones is 1. The Labute approximate surface area is 200 Å². The van der Waals surface area contributed by atoms with Crippen molar-refractivity contribution < 1.29 is 28.2 Å². The van der Waals surface area contributed by atoms with Crippen molar-refractivity contribution in [3.8, 4) is 17.2 Å². The van der Waals surface area contributed by atoms with Crippen molar-refractivity contribution in [3.05, 3.63) is 93.9 Å². The van der Waals surface area contributed by atoms with Crippen LogP contribution in [0.2, 0.25) is 5.02 Å². The van der Waals surface area contributed by atoms with Gasteiger partial charge in [-0.3, -0.25) is 4.79 Å².